The number of nitrogens with one attached hydrogen (secondary N) is 1. The zero-order chi connectivity index (χ0) is 20.9. The number of anilines is 1. The van der Waals surface area contributed by atoms with Crippen LogP contribution in [0, 0.1) is 11.6 Å². The Morgan fingerprint density at radius 3 is 2.27 bits per heavy atom. The summed E-state index contributed by atoms with van der Waals surface area (Å²) < 4.78 is 26.4. The maximum absolute atomic E-state index is 13.3. The summed E-state index contributed by atoms with van der Waals surface area (Å²) in [5, 5.41) is 4.01. The van der Waals surface area contributed by atoms with E-state index in [1.807, 2.05) is 19.2 Å². The molecule has 0 aliphatic carbocycles. The van der Waals surface area contributed by atoms with Crippen molar-refractivity contribution in [3.8, 4) is 11.3 Å². The standard InChI is InChI=1S/C24H25F2N3S/c1-27-24-28-23(19-4-8-21(26)9-5-19)22(30-24)12-15-29-13-10-18(11-14-29)16-17-2-6-20(25)7-3-17/h2-9,16H,10-15H2,1H3,(H,27,28). The molecule has 1 fully saturated rings. The molecule has 30 heavy (non-hydrogen) atoms. The zero-order valence-electron chi connectivity index (χ0n) is 17.0. The fourth-order valence-corrected chi connectivity index (χ4v) is 4.65. The Labute approximate surface area is 180 Å². The van der Waals surface area contributed by atoms with Gasteiger partial charge in [0, 0.05) is 37.1 Å². The van der Waals surface area contributed by atoms with E-state index in [-0.39, 0.29) is 11.6 Å². The van der Waals surface area contributed by atoms with Gasteiger partial charge in [-0.1, -0.05) is 23.8 Å². The van der Waals surface area contributed by atoms with Crippen molar-refractivity contribution >= 4 is 22.5 Å². The molecule has 4 rings (SSSR count). The topological polar surface area (TPSA) is 28.2 Å². The van der Waals surface area contributed by atoms with Crippen molar-refractivity contribution in [2.45, 2.75) is 19.3 Å². The number of benzene rings is 2. The second-order valence-electron chi connectivity index (χ2n) is 7.49. The van der Waals surface area contributed by atoms with Gasteiger partial charge in [0.05, 0.1) is 5.69 Å². The molecule has 1 aromatic heterocycles. The summed E-state index contributed by atoms with van der Waals surface area (Å²) in [6, 6.07) is 13.2. The molecular weight excluding hydrogens is 400 g/mol. The third kappa shape index (κ3) is 5.12. The number of piperidine rings is 1. The lowest BCUT2D eigenvalue weighted by Gasteiger charge is -2.28. The molecule has 1 N–H and O–H groups in total. The van der Waals surface area contributed by atoms with Gasteiger partial charge in [-0.05, 0) is 61.2 Å². The van der Waals surface area contributed by atoms with Crippen LogP contribution in [0.3, 0.4) is 0 Å². The first-order valence-electron chi connectivity index (χ1n) is 10.2. The van der Waals surface area contributed by atoms with Crippen molar-refractivity contribution in [2.75, 3.05) is 32.0 Å². The number of hydrogen-bond acceptors (Lipinski definition) is 4. The second-order valence-corrected chi connectivity index (χ2v) is 8.58. The minimum atomic E-state index is -0.234. The first-order valence-corrected chi connectivity index (χ1v) is 11.0. The number of hydrogen-bond donors (Lipinski definition) is 1. The highest BCUT2D eigenvalue weighted by molar-refractivity contribution is 7.16. The predicted molar refractivity (Wildman–Crippen MR) is 121 cm³/mol. The number of thiazole rings is 1. The minimum absolute atomic E-state index is 0.198. The molecule has 0 amide bonds. The maximum atomic E-state index is 13.3. The molecule has 156 valence electrons. The van der Waals surface area contributed by atoms with E-state index in [0.717, 1.165) is 60.8 Å². The molecule has 0 radical (unpaired) electrons. The van der Waals surface area contributed by atoms with Crippen molar-refractivity contribution in [1.82, 2.24) is 9.88 Å². The van der Waals surface area contributed by atoms with Gasteiger partial charge in [0.15, 0.2) is 5.13 Å². The first kappa shape index (κ1) is 20.7. The number of likely N-dealkylation sites (tertiary alicyclic amines) is 1. The van der Waals surface area contributed by atoms with E-state index in [9.17, 15) is 8.78 Å². The summed E-state index contributed by atoms with van der Waals surface area (Å²) in [4.78, 5) is 8.39. The number of nitrogens with zero attached hydrogens (tertiary/aromatic N) is 2. The Bertz CT molecular complexity index is 1000. The van der Waals surface area contributed by atoms with Crippen LogP contribution in [0.25, 0.3) is 17.3 Å². The predicted octanol–water partition coefficient (Wildman–Crippen LogP) is 5.85. The van der Waals surface area contributed by atoms with Gasteiger partial charge < -0.3 is 10.2 Å². The molecule has 1 aliphatic rings. The lowest BCUT2D eigenvalue weighted by atomic mass is 10.0. The third-order valence-corrected chi connectivity index (χ3v) is 6.56. The van der Waals surface area contributed by atoms with E-state index in [1.165, 1.54) is 34.7 Å². The smallest absolute Gasteiger partial charge is 0.183 e. The summed E-state index contributed by atoms with van der Waals surface area (Å²) in [6.45, 7) is 3.02. The maximum Gasteiger partial charge on any atom is 0.183 e. The molecule has 0 unspecified atom stereocenters. The molecule has 0 bridgehead atoms. The summed E-state index contributed by atoms with van der Waals surface area (Å²) in [5.74, 6) is -0.432. The molecule has 6 heteroatoms. The highest BCUT2D eigenvalue weighted by atomic mass is 32.1. The van der Waals surface area contributed by atoms with Crippen LogP contribution in [0.15, 0.2) is 54.1 Å². The van der Waals surface area contributed by atoms with Crippen LogP contribution >= 0.6 is 11.3 Å². The number of rotatable bonds is 6. The lowest BCUT2D eigenvalue weighted by molar-refractivity contribution is 0.261. The molecule has 1 aliphatic heterocycles. The first-order chi connectivity index (χ1) is 14.6. The minimum Gasteiger partial charge on any atom is -0.365 e. The number of aromatic nitrogens is 1. The van der Waals surface area contributed by atoms with Gasteiger partial charge in [-0.25, -0.2) is 13.8 Å². The Hall–Kier alpha value is -2.57. The highest BCUT2D eigenvalue weighted by Crippen LogP contribution is 2.32. The monoisotopic (exact) mass is 425 g/mol. The Kier molecular flexibility index (Phi) is 6.55. The summed E-state index contributed by atoms with van der Waals surface area (Å²) >= 11 is 1.67. The van der Waals surface area contributed by atoms with Crippen molar-refractivity contribution in [1.29, 1.82) is 0 Å². The zero-order valence-corrected chi connectivity index (χ0v) is 17.8. The molecule has 0 spiro atoms. The quantitative estimate of drug-likeness (QED) is 0.537. The molecular formula is C24H25F2N3S. The summed E-state index contributed by atoms with van der Waals surface area (Å²) in [6.07, 6.45) is 5.17. The molecule has 1 saturated heterocycles. The van der Waals surface area contributed by atoms with Crippen LogP contribution in [0.2, 0.25) is 0 Å². The Morgan fingerprint density at radius 1 is 1.00 bits per heavy atom. The van der Waals surface area contributed by atoms with Gasteiger partial charge in [0.1, 0.15) is 11.6 Å². The van der Waals surface area contributed by atoms with Crippen molar-refractivity contribution in [3.63, 3.8) is 0 Å². The van der Waals surface area contributed by atoms with E-state index in [4.69, 9.17) is 0 Å². The SMILES string of the molecule is CNc1nc(-c2ccc(F)cc2)c(CCN2CCC(=Cc3ccc(F)cc3)CC2)s1. The van der Waals surface area contributed by atoms with E-state index in [0.29, 0.717) is 0 Å². The van der Waals surface area contributed by atoms with Gasteiger partial charge >= 0.3 is 0 Å². The molecule has 3 nitrogen and oxygen atoms in total. The van der Waals surface area contributed by atoms with Gasteiger partial charge in [0.25, 0.3) is 0 Å². The van der Waals surface area contributed by atoms with Crippen LogP contribution in [-0.2, 0) is 6.42 Å². The van der Waals surface area contributed by atoms with Crippen LogP contribution in [-0.4, -0.2) is 36.6 Å². The molecule has 0 saturated carbocycles. The Morgan fingerprint density at radius 2 is 1.63 bits per heavy atom. The van der Waals surface area contributed by atoms with Crippen molar-refractivity contribution in [2.24, 2.45) is 0 Å². The van der Waals surface area contributed by atoms with Gasteiger partial charge in [-0.3, -0.25) is 0 Å². The molecule has 2 heterocycles. The van der Waals surface area contributed by atoms with E-state index in [1.54, 1.807) is 23.5 Å². The van der Waals surface area contributed by atoms with E-state index in [2.05, 4.69) is 21.3 Å². The van der Waals surface area contributed by atoms with E-state index >= 15 is 0 Å². The van der Waals surface area contributed by atoms with Crippen LogP contribution in [0.1, 0.15) is 23.3 Å². The molecule has 3 aromatic rings. The fourth-order valence-electron chi connectivity index (χ4n) is 3.72. The average Bonchev–Trinajstić information content (AvgIpc) is 3.19. The van der Waals surface area contributed by atoms with Gasteiger partial charge in [-0.2, -0.15) is 0 Å². The van der Waals surface area contributed by atoms with E-state index < -0.39 is 0 Å². The van der Waals surface area contributed by atoms with Crippen molar-refractivity contribution in [3.05, 3.63) is 76.2 Å². The summed E-state index contributed by atoms with van der Waals surface area (Å²) in [5.41, 5.74) is 4.37. The normalized spacial score (nSPS) is 14.7. The van der Waals surface area contributed by atoms with Crippen LogP contribution in [0.5, 0.6) is 0 Å². The van der Waals surface area contributed by atoms with Crippen molar-refractivity contribution < 1.29 is 8.78 Å². The Balaban J connectivity index is 1.37. The number of halogens is 2. The fraction of sp³-hybridized carbons (Fsp3) is 0.292. The highest BCUT2D eigenvalue weighted by Gasteiger charge is 2.17. The van der Waals surface area contributed by atoms with Gasteiger partial charge in [-0.15, -0.1) is 11.3 Å². The van der Waals surface area contributed by atoms with Gasteiger partial charge in [0.2, 0.25) is 0 Å². The largest absolute Gasteiger partial charge is 0.365 e. The summed E-state index contributed by atoms with van der Waals surface area (Å²) in [7, 11) is 1.87. The molecule has 0 atom stereocenters. The third-order valence-electron chi connectivity index (χ3n) is 5.42. The van der Waals surface area contributed by atoms with Crippen LogP contribution in [0.4, 0.5) is 13.9 Å². The van der Waals surface area contributed by atoms with Crippen LogP contribution < -0.4 is 5.32 Å². The second kappa shape index (κ2) is 9.49. The molecule has 2 aromatic carbocycles. The average molecular weight is 426 g/mol. The lowest BCUT2D eigenvalue weighted by Crippen LogP contribution is -2.32.